The predicted octanol–water partition coefficient (Wildman–Crippen LogP) is -2.90. The van der Waals surface area contributed by atoms with Crippen molar-refractivity contribution in [2.45, 2.75) is 31.3 Å². The van der Waals surface area contributed by atoms with Crippen molar-refractivity contribution in [2.24, 2.45) is 27.2 Å². The zero-order chi connectivity index (χ0) is 20.0. The summed E-state index contributed by atoms with van der Waals surface area (Å²) in [4.78, 5) is 46.8. The Morgan fingerprint density at radius 1 is 1.44 bits per heavy atom. The molecule has 150 valence electrons. The van der Waals surface area contributed by atoms with Crippen molar-refractivity contribution in [3.05, 3.63) is 0 Å². The van der Waals surface area contributed by atoms with Gasteiger partial charge in [0.05, 0.1) is 13.1 Å². The Balaban J connectivity index is 1.75. The molecule has 0 radical (unpaired) electrons. The molecule has 2 atom stereocenters. The lowest BCUT2D eigenvalue weighted by molar-refractivity contribution is -0.138. The molecule has 2 rings (SSSR count). The van der Waals surface area contributed by atoms with Crippen LogP contribution in [0.15, 0.2) is 9.98 Å². The summed E-state index contributed by atoms with van der Waals surface area (Å²) in [7, 11) is 1.53. The summed E-state index contributed by atoms with van der Waals surface area (Å²) in [6.07, 6.45) is 1.58. The topological polar surface area (TPSA) is 185 Å². The number of hydrogen-bond donors (Lipinski definition) is 5. The van der Waals surface area contributed by atoms with Crippen molar-refractivity contribution < 1.29 is 14.4 Å². The van der Waals surface area contributed by atoms with Crippen molar-refractivity contribution >= 4 is 29.8 Å². The van der Waals surface area contributed by atoms with Gasteiger partial charge in [-0.2, -0.15) is 0 Å². The van der Waals surface area contributed by atoms with Gasteiger partial charge in [0.25, 0.3) is 5.91 Å². The minimum absolute atomic E-state index is 0.0222. The summed E-state index contributed by atoms with van der Waals surface area (Å²) in [6, 6.07) is -1.91. The number of carbonyl (C=O) groups is 3. The van der Waals surface area contributed by atoms with Crippen LogP contribution in [0.25, 0.3) is 0 Å². The number of aliphatic imine (C=N–C) groups is 2. The zero-order valence-electron chi connectivity index (χ0n) is 15.4. The van der Waals surface area contributed by atoms with E-state index >= 15 is 0 Å². The molecule has 0 saturated heterocycles. The van der Waals surface area contributed by atoms with Crippen LogP contribution in [0.3, 0.4) is 0 Å². The van der Waals surface area contributed by atoms with Crippen molar-refractivity contribution in [1.82, 2.24) is 20.4 Å². The molecule has 2 aliphatic heterocycles. The Labute approximate surface area is 157 Å². The fourth-order valence-electron chi connectivity index (χ4n) is 2.90. The van der Waals surface area contributed by atoms with Gasteiger partial charge in [-0.05, 0) is 12.8 Å². The maximum absolute atomic E-state index is 12.4. The molecule has 0 spiro atoms. The maximum Gasteiger partial charge on any atom is 0.318 e. The minimum atomic E-state index is -0.829. The Hall–Kier alpha value is -2.89. The second-order valence-corrected chi connectivity index (χ2v) is 6.52. The number of urea groups is 1. The second-order valence-electron chi connectivity index (χ2n) is 6.52. The van der Waals surface area contributed by atoms with E-state index in [4.69, 9.17) is 17.2 Å². The molecule has 12 nitrogen and oxygen atoms in total. The lowest BCUT2D eigenvalue weighted by atomic mass is 10.1. The quantitative estimate of drug-likeness (QED) is 0.315. The zero-order valence-corrected chi connectivity index (χ0v) is 15.4. The molecule has 2 heterocycles. The van der Waals surface area contributed by atoms with E-state index in [1.54, 1.807) is 0 Å². The Morgan fingerprint density at radius 3 is 2.78 bits per heavy atom. The number of carbonyl (C=O) groups excluding carboxylic acids is 3. The average molecular weight is 381 g/mol. The van der Waals surface area contributed by atoms with Crippen LogP contribution in [0.2, 0.25) is 0 Å². The van der Waals surface area contributed by atoms with E-state index in [2.05, 4.69) is 20.6 Å². The summed E-state index contributed by atoms with van der Waals surface area (Å²) in [5, 5.41) is 4.60. The van der Waals surface area contributed by atoms with Gasteiger partial charge in [0.2, 0.25) is 11.9 Å². The van der Waals surface area contributed by atoms with E-state index in [0.29, 0.717) is 18.9 Å². The van der Waals surface area contributed by atoms with E-state index in [9.17, 15) is 14.4 Å². The fourth-order valence-corrected chi connectivity index (χ4v) is 2.90. The van der Waals surface area contributed by atoms with Gasteiger partial charge in [-0.3, -0.25) is 25.2 Å². The molecule has 0 aliphatic carbocycles. The number of nitrogens with two attached hydrogens (primary N) is 3. The summed E-state index contributed by atoms with van der Waals surface area (Å²) in [5.41, 5.74) is 16.8. The summed E-state index contributed by atoms with van der Waals surface area (Å²) in [5.74, 6) is -0.159. The first-order valence-corrected chi connectivity index (χ1v) is 8.75. The van der Waals surface area contributed by atoms with Crippen molar-refractivity contribution in [2.75, 3.05) is 33.2 Å². The molecule has 8 N–H and O–H groups in total. The van der Waals surface area contributed by atoms with Crippen molar-refractivity contribution in [3.8, 4) is 0 Å². The highest BCUT2D eigenvalue weighted by molar-refractivity contribution is 6.07. The molecule has 27 heavy (non-hydrogen) atoms. The maximum atomic E-state index is 12.4. The number of likely N-dealkylation sites (N-methyl/N-ethyl adjacent to an activating group) is 1. The smallest absolute Gasteiger partial charge is 0.318 e. The minimum Gasteiger partial charge on any atom is -0.370 e. The Kier molecular flexibility index (Phi) is 6.93. The number of rotatable bonds is 7. The molecule has 0 saturated carbocycles. The van der Waals surface area contributed by atoms with E-state index in [-0.39, 0.29) is 30.9 Å². The van der Waals surface area contributed by atoms with E-state index in [1.165, 1.54) is 11.9 Å². The summed E-state index contributed by atoms with van der Waals surface area (Å²) < 4.78 is 0. The highest BCUT2D eigenvalue weighted by Crippen LogP contribution is 2.09. The Bertz CT molecular complexity index is 648. The molecule has 0 aromatic carbocycles. The standard InChI is InChI=1S/C15H27N9O3/c1-23(10-8-20-15(21-12(10)26)22-14(18)27)11(25)7-9(16)3-2-5-24-6-4-19-13(24)17/h9-10H,2-8,16H2,1H3,(H2,17,19)(H4,18,20,21,22,26,27)/t9-,10?/m0/s1. The normalized spacial score (nSPS) is 20.4. The van der Waals surface area contributed by atoms with Gasteiger partial charge in [-0.25, -0.2) is 9.79 Å². The second kappa shape index (κ2) is 9.16. The van der Waals surface area contributed by atoms with E-state index in [0.717, 1.165) is 19.5 Å². The first kappa shape index (κ1) is 20.4. The molecular formula is C15H27N9O3. The van der Waals surface area contributed by atoms with E-state index in [1.807, 2.05) is 4.90 Å². The van der Waals surface area contributed by atoms with Gasteiger partial charge in [0, 0.05) is 32.6 Å². The van der Waals surface area contributed by atoms with Crippen LogP contribution in [-0.2, 0) is 9.59 Å². The van der Waals surface area contributed by atoms with Gasteiger partial charge in [-0.1, -0.05) is 0 Å². The number of nitrogens with zero attached hydrogens (tertiary/aromatic N) is 4. The first-order chi connectivity index (χ1) is 12.8. The number of primary amides is 1. The highest BCUT2D eigenvalue weighted by Gasteiger charge is 2.31. The SMILES string of the molecule is CN(C(=O)C[C@@H](N)CCCN1CCN=C1N)C1CN=C(NC(N)=O)NC1=O. The number of nitrogens with one attached hydrogen (secondary N) is 2. The molecule has 4 amide bonds. The Morgan fingerprint density at radius 2 is 2.19 bits per heavy atom. The average Bonchev–Trinajstić information content (AvgIpc) is 2.99. The fraction of sp³-hybridized carbons (Fsp3) is 0.667. The molecular weight excluding hydrogens is 354 g/mol. The van der Waals surface area contributed by atoms with Gasteiger partial charge in [-0.15, -0.1) is 0 Å². The molecule has 0 fully saturated rings. The third-order valence-electron chi connectivity index (χ3n) is 4.48. The number of guanidine groups is 2. The lowest BCUT2D eigenvalue weighted by Gasteiger charge is -2.30. The van der Waals surface area contributed by atoms with Crippen molar-refractivity contribution in [1.29, 1.82) is 0 Å². The van der Waals surface area contributed by atoms with Gasteiger partial charge in [0.1, 0.15) is 6.04 Å². The molecule has 12 heteroatoms. The van der Waals surface area contributed by atoms with Gasteiger partial charge < -0.3 is 27.0 Å². The van der Waals surface area contributed by atoms with Crippen LogP contribution in [0.5, 0.6) is 0 Å². The van der Waals surface area contributed by atoms with Gasteiger partial charge >= 0.3 is 6.03 Å². The molecule has 0 aromatic rings. The monoisotopic (exact) mass is 381 g/mol. The van der Waals surface area contributed by atoms with Gasteiger partial charge in [0.15, 0.2) is 5.96 Å². The van der Waals surface area contributed by atoms with Crippen LogP contribution in [0, 0.1) is 0 Å². The summed E-state index contributed by atoms with van der Waals surface area (Å²) >= 11 is 0. The third-order valence-corrected chi connectivity index (χ3v) is 4.48. The van der Waals surface area contributed by atoms with Crippen LogP contribution in [0.4, 0.5) is 4.79 Å². The number of amides is 4. The molecule has 1 unspecified atom stereocenters. The number of hydrogen-bond acceptors (Lipinski definition) is 8. The highest BCUT2D eigenvalue weighted by atomic mass is 16.2. The third kappa shape index (κ3) is 5.81. The van der Waals surface area contributed by atoms with Crippen LogP contribution in [-0.4, -0.2) is 84.9 Å². The van der Waals surface area contributed by atoms with Crippen LogP contribution in [0.1, 0.15) is 19.3 Å². The first-order valence-electron chi connectivity index (χ1n) is 8.75. The van der Waals surface area contributed by atoms with Crippen molar-refractivity contribution in [3.63, 3.8) is 0 Å². The molecule has 0 bridgehead atoms. The summed E-state index contributed by atoms with van der Waals surface area (Å²) in [6.45, 7) is 2.31. The predicted molar refractivity (Wildman–Crippen MR) is 99.6 cm³/mol. The molecule has 0 aromatic heterocycles. The largest absolute Gasteiger partial charge is 0.370 e. The lowest BCUT2D eigenvalue weighted by Crippen LogP contribution is -2.58. The van der Waals surface area contributed by atoms with Crippen LogP contribution >= 0.6 is 0 Å². The van der Waals surface area contributed by atoms with Crippen LogP contribution < -0.4 is 27.8 Å². The molecule has 2 aliphatic rings. The van der Waals surface area contributed by atoms with E-state index < -0.39 is 18.0 Å².